The van der Waals surface area contributed by atoms with E-state index in [1.165, 1.54) is 13.0 Å². The van der Waals surface area contributed by atoms with Gasteiger partial charge in [-0.3, -0.25) is 0 Å². The Morgan fingerprint density at radius 3 is 2.19 bits per heavy atom. The lowest BCUT2D eigenvalue weighted by Gasteiger charge is -2.13. The first-order chi connectivity index (χ1) is 7.52. The molecule has 1 atom stereocenters. The quantitative estimate of drug-likeness (QED) is 0.592. The molecule has 0 radical (unpaired) electrons. The van der Waals surface area contributed by atoms with Crippen LogP contribution in [0.5, 0.6) is 0 Å². The van der Waals surface area contributed by atoms with Gasteiger partial charge in [-0.25, -0.2) is 0 Å². The van der Waals surface area contributed by atoms with Gasteiger partial charge in [-0.2, -0.15) is 0 Å². The Balaban J connectivity index is 2.98. The van der Waals surface area contributed by atoms with Gasteiger partial charge in [0.25, 0.3) is 0 Å². The van der Waals surface area contributed by atoms with Gasteiger partial charge in [0.05, 0.1) is 5.76 Å². The van der Waals surface area contributed by atoms with Gasteiger partial charge in [0.2, 0.25) is 0 Å². The molecule has 1 aromatic rings. The molecule has 0 spiro atoms. The van der Waals surface area contributed by atoms with E-state index in [1.807, 2.05) is 44.2 Å². The standard InChI is InChI=1S/C14H18O2/c1-10(15)9-14(16)12(3)11(2)13-7-5-4-6-8-13/h4-9,11,15-16H,1-3H3/b10-9+,14-12-. The average molecular weight is 218 g/mol. The number of allylic oxidation sites excluding steroid dienone is 3. The van der Waals surface area contributed by atoms with E-state index in [4.69, 9.17) is 5.11 Å². The van der Waals surface area contributed by atoms with Gasteiger partial charge in [0.15, 0.2) is 0 Å². The van der Waals surface area contributed by atoms with Crippen molar-refractivity contribution < 1.29 is 10.2 Å². The first kappa shape index (κ1) is 12.4. The fourth-order valence-electron chi connectivity index (χ4n) is 1.53. The van der Waals surface area contributed by atoms with Crippen LogP contribution in [-0.4, -0.2) is 10.2 Å². The van der Waals surface area contributed by atoms with Crippen LogP contribution in [0.25, 0.3) is 0 Å². The van der Waals surface area contributed by atoms with Crippen LogP contribution in [-0.2, 0) is 0 Å². The zero-order valence-electron chi connectivity index (χ0n) is 9.94. The van der Waals surface area contributed by atoms with Crippen molar-refractivity contribution in [2.45, 2.75) is 26.7 Å². The first-order valence-electron chi connectivity index (χ1n) is 5.34. The second kappa shape index (κ2) is 5.40. The van der Waals surface area contributed by atoms with Crippen molar-refractivity contribution in [3.63, 3.8) is 0 Å². The lowest BCUT2D eigenvalue weighted by Crippen LogP contribution is -1.98. The molecule has 1 unspecified atom stereocenters. The SMILES string of the molecule is C/C(=C(O)\C=C(/C)O)C(C)c1ccccc1. The highest BCUT2D eigenvalue weighted by Crippen LogP contribution is 2.25. The molecule has 0 aromatic heterocycles. The third kappa shape index (κ3) is 3.16. The molecule has 0 aliphatic heterocycles. The van der Waals surface area contributed by atoms with Gasteiger partial charge in [0.1, 0.15) is 5.76 Å². The Bertz CT molecular complexity index is 398. The van der Waals surface area contributed by atoms with Crippen LogP contribution < -0.4 is 0 Å². The third-order valence-electron chi connectivity index (χ3n) is 2.70. The molecule has 1 aromatic carbocycles. The third-order valence-corrected chi connectivity index (χ3v) is 2.70. The molecule has 16 heavy (non-hydrogen) atoms. The van der Waals surface area contributed by atoms with Crippen molar-refractivity contribution in [2.24, 2.45) is 0 Å². The van der Waals surface area contributed by atoms with Crippen molar-refractivity contribution in [3.8, 4) is 0 Å². The number of aliphatic hydroxyl groups excluding tert-OH is 2. The number of hydrogen-bond donors (Lipinski definition) is 2. The minimum absolute atomic E-state index is 0.108. The summed E-state index contributed by atoms with van der Waals surface area (Å²) in [5.41, 5.74) is 2.00. The molecule has 0 saturated carbocycles. The van der Waals surface area contributed by atoms with Gasteiger partial charge in [-0.15, -0.1) is 0 Å². The molecule has 0 amide bonds. The molecular weight excluding hydrogens is 200 g/mol. The highest BCUT2D eigenvalue weighted by molar-refractivity contribution is 5.31. The average Bonchev–Trinajstić information content (AvgIpc) is 2.27. The monoisotopic (exact) mass is 218 g/mol. The maximum Gasteiger partial charge on any atom is 0.118 e. The normalized spacial score (nSPS) is 15.6. The van der Waals surface area contributed by atoms with Gasteiger partial charge in [-0.1, -0.05) is 37.3 Å². The van der Waals surface area contributed by atoms with Crippen LogP contribution in [0.15, 0.2) is 53.5 Å². The minimum Gasteiger partial charge on any atom is -0.512 e. The summed E-state index contributed by atoms with van der Waals surface area (Å²) in [4.78, 5) is 0. The molecule has 0 aliphatic rings. The topological polar surface area (TPSA) is 40.5 Å². The summed E-state index contributed by atoms with van der Waals surface area (Å²) in [6, 6.07) is 9.97. The molecule has 86 valence electrons. The Morgan fingerprint density at radius 2 is 1.69 bits per heavy atom. The fraction of sp³-hybridized carbons (Fsp3) is 0.286. The highest BCUT2D eigenvalue weighted by atomic mass is 16.3. The van der Waals surface area contributed by atoms with Crippen LogP contribution in [0.2, 0.25) is 0 Å². The van der Waals surface area contributed by atoms with E-state index in [2.05, 4.69) is 0 Å². The Morgan fingerprint density at radius 1 is 1.12 bits per heavy atom. The summed E-state index contributed by atoms with van der Waals surface area (Å²) < 4.78 is 0. The van der Waals surface area contributed by atoms with Gasteiger partial charge in [0, 0.05) is 12.0 Å². The molecule has 0 bridgehead atoms. The fourth-order valence-corrected chi connectivity index (χ4v) is 1.53. The Labute approximate surface area is 96.6 Å². The predicted molar refractivity (Wildman–Crippen MR) is 66.6 cm³/mol. The maximum absolute atomic E-state index is 9.76. The van der Waals surface area contributed by atoms with Gasteiger partial charge in [-0.05, 0) is 25.0 Å². The summed E-state index contributed by atoms with van der Waals surface area (Å²) in [6.07, 6.45) is 1.37. The molecule has 2 N–H and O–H groups in total. The molecule has 0 saturated heterocycles. The summed E-state index contributed by atoms with van der Waals surface area (Å²) in [6.45, 7) is 5.44. The van der Waals surface area contributed by atoms with E-state index in [0.29, 0.717) is 0 Å². The van der Waals surface area contributed by atoms with Gasteiger partial charge < -0.3 is 10.2 Å². The number of hydrogen-bond acceptors (Lipinski definition) is 2. The number of rotatable bonds is 3. The van der Waals surface area contributed by atoms with Crippen LogP contribution in [0.3, 0.4) is 0 Å². The van der Waals surface area contributed by atoms with Crippen molar-refractivity contribution in [2.75, 3.05) is 0 Å². The van der Waals surface area contributed by atoms with E-state index in [1.54, 1.807) is 0 Å². The Hall–Kier alpha value is -1.70. The first-order valence-corrected chi connectivity index (χ1v) is 5.34. The van der Waals surface area contributed by atoms with E-state index in [0.717, 1.165) is 11.1 Å². The number of benzene rings is 1. The molecule has 2 heteroatoms. The molecular formula is C14H18O2. The van der Waals surface area contributed by atoms with Crippen molar-refractivity contribution in [3.05, 3.63) is 59.1 Å². The summed E-state index contributed by atoms with van der Waals surface area (Å²) in [5.74, 6) is 0.380. The van der Waals surface area contributed by atoms with Gasteiger partial charge >= 0.3 is 0 Å². The largest absolute Gasteiger partial charge is 0.512 e. The summed E-state index contributed by atoms with van der Waals surface area (Å²) in [7, 11) is 0. The maximum atomic E-state index is 9.76. The van der Waals surface area contributed by atoms with Crippen molar-refractivity contribution >= 4 is 0 Å². The highest BCUT2D eigenvalue weighted by Gasteiger charge is 2.10. The predicted octanol–water partition coefficient (Wildman–Crippen LogP) is 4.08. The van der Waals surface area contributed by atoms with Crippen LogP contribution in [0.4, 0.5) is 0 Å². The van der Waals surface area contributed by atoms with E-state index >= 15 is 0 Å². The van der Waals surface area contributed by atoms with Crippen molar-refractivity contribution in [1.29, 1.82) is 0 Å². The molecule has 0 heterocycles. The minimum atomic E-state index is 0.108. The molecule has 2 nitrogen and oxygen atoms in total. The lowest BCUT2D eigenvalue weighted by atomic mass is 9.93. The molecule has 0 aliphatic carbocycles. The molecule has 0 fully saturated rings. The number of aliphatic hydroxyl groups is 2. The van der Waals surface area contributed by atoms with E-state index in [-0.39, 0.29) is 17.4 Å². The van der Waals surface area contributed by atoms with Crippen LogP contribution >= 0.6 is 0 Å². The van der Waals surface area contributed by atoms with Crippen LogP contribution in [0, 0.1) is 0 Å². The van der Waals surface area contributed by atoms with E-state index < -0.39 is 0 Å². The zero-order chi connectivity index (χ0) is 12.1. The Kier molecular flexibility index (Phi) is 4.18. The van der Waals surface area contributed by atoms with Crippen LogP contribution in [0.1, 0.15) is 32.3 Å². The zero-order valence-corrected chi connectivity index (χ0v) is 9.94. The van der Waals surface area contributed by atoms with Crippen molar-refractivity contribution in [1.82, 2.24) is 0 Å². The summed E-state index contributed by atoms with van der Waals surface area (Å²) >= 11 is 0. The second-order valence-corrected chi connectivity index (χ2v) is 3.99. The lowest BCUT2D eigenvalue weighted by molar-refractivity contribution is 0.388. The smallest absolute Gasteiger partial charge is 0.118 e. The van der Waals surface area contributed by atoms with E-state index in [9.17, 15) is 5.11 Å². The molecule has 1 rings (SSSR count). The second-order valence-electron chi connectivity index (χ2n) is 3.99. The summed E-state index contributed by atoms with van der Waals surface area (Å²) in [5, 5.41) is 18.9.